The summed E-state index contributed by atoms with van der Waals surface area (Å²) in [6.45, 7) is 6.59. The summed E-state index contributed by atoms with van der Waals surface area (Å²) in [5.74, 6) is 0.657. The number of hydrogen-bond acceptors (Lipinski definition) is 4. The van der Waals surface area contributed by atoms with Crippen LogP contribution < -0.4 is 14.8 Å². The predicted molar refractivity (Wildman–Crippen MR) is 131 cm³/mol. The molecule has 0 saturated heterocycles. The van der Waals surface area contributed by atoms with Gasteiger partial charge < -0.3 is 14.8 Å². The van der Waals surface area contributed by atoms with Crippen LogP contribution in [0.4, 0.5) is 5.69 Å². The smallest absolute Gasteiger partial charge is 0.266 e. The lowest BCUT2D eigenvalue weighted by Gasteiger charge is -2.12. The molecule has 0 fully saturated rings. The minimum Gasteiger partial charge on any atom is -0.493 e. The topological polar surface area (TPSA) is 71.4 Å². The highest BCUT2D eigenvalue weighted by molar-refractivity contribution is 6.09. The maximum absolute atomic E-state index is 12.6. The third kappa shape index (κ3) is 6.47. The SMILES string of the molecule is CCc1ccc(NC(=O)/C(C#N)=C/c2ccc(OCc3cc(C)cc(C)c3)c(OC)c2)cc1. The monoisotopic (exact) mass is 440 g/mol. The highest BCUT2D eigenvalue weighted by Crippen LogP contribution is 2.30. The molecule has 0 aliphatic carbocycles. The number of hydrogen-bond donors (Lipinski definition) is 1. The van der Waals surface area contributed by atoms with Crippen molar-refractivity contribution >= 4 is 17.7 Å². The van der Waals surface area contributed by atoms with Gasteiger partial charge in [0.1, 0.15) is 18.2 Å². The quantitative estimate of drug-likeness (QED) is 0.344. The van der Waals surface area contributed by atoms with E-state index in [1.165, 1.54) is 22.8 Å². The first-order valence-corrected chi connectivity index (χ1v) is 10.8. The molecule has 1 amide bonds. The molecule has 3 rings (SSSR count). The van der Waals surface area contributed by atoms with Crippen molar-refractivity contribution in [2.24, 2.45) is 0 Å². The number of aryl methyl sites for hydroxylation is 3. The van der Waals surface area contributed by atoms with Crippen molar-refractivity contribution in [2.75, 3.05) is 12.4 Å². The Morgan fingerprint density at radius 1 is 0.970 bits per heavy atom. The largest absolute Gasteiger partial charge is 0.493 e. The third-order valence-corrected chi connectivity index (χ3v) is 5.16. The van der Waals surface area contributed by atoms with Crippen molar-refractivity contribution in [3.63, 3.8) is 0 Å². The summed E-state index contributed by atoms with van der Waals surface area (Å²) in [5.41, 5.74) is 5.93. The van der Waals surface area contributed by atoms with E-state index in [-0.39, 0.29) is 5.57 Å². The summed E-state index contributed by atoms with van der Waals surface area (Å²) in [4.78, 5) is 12.6. The number of carbonyl (C=O) groups excluding carboxylic acids is 1. The minimum atomic E-state index is -0.462. The zero-order valence-electron chi connectivity index (χ0n) is 19.4. The van der Waals surface area contributed by atoms with Crippen LogP contribution in [0.5, 0.6) is 11.5 Å². The van der Waals surface area contributed by atoms with E-state index in [9.17, 15) is 10.1 Å². The molecule has 0 saturated carbocycles. The molecule has 0 aromatic heterocycles. The highest BCUT2D eigenvalue weighted by Gasteiger charge is 2.12. The van der Waals surface area contributed by atoms with Gasteiger partial charge in [-0.05, 0) is 67.3 Å². The first-order valence-electron chi connectivity index (χ1n) is 10.8. The number of benzene rings is 3. The van der Waals surface area contributed by atoms with Crippen LogP contribution in [-0.4, -0.2) is 13.0 Å². The Morgan fingerprint density at radius 2 is 1.67 bits per heavy atom. The lowest BCUT2D eigenvalue weighted by Crippen LogP contribution is -2.13. The maximum Gasteiger partial charge on any atom is 0.266 e. The number of methoxy groups -OCH3 is 1. The Bertz CT molecular complexity index is 1180. The molecule has 168 valence electrons. The zero-order valence-corrected chi connectivity index (χ0v) is 19.4. The fourth-order valence-corrected chi connectivity index (χ4v) is 3.54. The second-order valence-corrected chi connectivity index (χ2v) is 7.87. The molecule has 0 aliphatic rings. The zero-order chi connectivity index (χ0) is 23.8. The fourth-order valence-electron chi connectivity index (χ4n) is 3.54. The number of amides is 1. The average Bonchev–Trinajstić information content (AvgIpc) is 2.81. The first kappa shape index (κ1) is 23.6. The molecule has 3 aromatic rings. The van der Waals surface area contributed by atoms with E-state index in [0.29, 0.717) is 29.4 Å². The fraction of sp³-hybridized carbons (Fsp3) is 0.214. The van der Waals surface area contributed by atoms with Crippen molar-refractivity contribution in [3.8, 4) is 17.6 Å². The Hall–Kier alpha value is -4.04. The van der Waals surface area contributed by atoms with E-state index in [2.05, 4.69) is 44.3 Å². The molecule has 0 unspecified atom stereocenters. The van der Waals surface area contributed by atoms with Gasteiger partial charge in [-0.2, -0.15) is 5.26 Å². The van der Waals surface area contributed by atoms with Gasteiger partial charge in [-0.1, -0.05) is 54.4 Å². The van der Waals surface area contributed by atoms with Crippen molar-refractivity contribution in [1.29, 1.82) is 5.26 Å². The van der Waals surface area contributed by atoms with Gasteiger partial charge in [-0.3, -0.25) is 4.79 Å². The minimum absolute atomic E-state index is 0.000487. The van der Waals surface area contributed by atoms with Crippen LogP contribution in [-0.2, 0) is 17.8 Å². The standard InChI is InChI=1S/C28H28N2O3/c1-5-21-6-9-25(10-7-21)30-28(31)24(17-29)15-22-8-11-26(27(16-22)32-4)33-18-23-13-19(2)12-20(3)14-23/h6-16H,5,18H2,1-4H3,(H,30,31)/b24-15+. The normalized spacial score (nSPS) is 10.9. The number of ether oxygens (including phenoxy) is 2. The molecule has 0 radical (unpaired) electrons. The van der Waals surface area contributed by atoms with E-state index in [0.717, 1.165) is 12.0 Å². The molecule has 0 heterocycles. The Kier molecular flexibility index (Phi) is 7.88. The van der Waals surface area contributed by atoms with E-state index in [1.807, 2.05) is 30.3 Å². The summed E-state index contributed by atoms with van der Waals surface area (Å²) in [5, 5.41) is 12.3. The molecule has 5 nitrogen and oxygen atoms in total. The van der Waals surface area contributed by atoms with Crippen LogP contribution >= 0.6 is 0 Å². The molecule has 0 spiro atoms. The van der Waals surface area contributed by atoms with Crippen LogP contribution in [0.25, 0.3) is 6.08 Å². The molecular formula is C28H28N2O3. The van der Waals surface area contributed by atoms with Crippen LogP contribution in [0.15, 0.2) is 66.2 Å². The van der Waals surface area contributed by atoms with Gasteiger partial charge in [0.25, 0.3) is 5.91 Å². The van der Waals surface area contributed by atoms with E-state index < -0.39 is 5.91 Å². The number of anilines is 1. The molecular weight excluding hydrogens is 412 g/mol. The third-order valence-electron chi connectivity index (χ3n) is 5.16. The van der Waals surface area contributed by atoms with E-state index in [1.54, 1.807) is 25.3 Å². The highest BCUT2D eigenvalue weighted by atomic mass is 16.5. The average molecular weight is 441 g/mol. The van der Waals surface area contributed by atoms with Crippen LogP contribution in [0, 0.1) is 25.2 Å². The molecule has 5 heteroatoms. The van der Waals surface area contributed by atoms with Gasteiger partial charge in [0.15, 0.2) is 11.5 Å². The van der Waals surface area contributed by atoms with Gasteiger partial charge in [0, 0.05) is 5.69 Å². The van der Waals surface area contributed by atoms with E-state index >= 15 is 0 Å². The lowest BCUT2D eigenvalue weighted by atomic mass is 10.1. The second-order valence-electron chi connectivity index (χ2n) is 7.87. The summed E-state index contributed by atoms with van der Waals surface area (Å²) < 4.78 is 11.4. The van der Waals surface area contributed by atoms with Gasteiger partial charge in [-0.15, -0.1) is 0 Å². The molecule has 0 bridgehead atoms. The van der Waals surface area contributed by atoms with Gasteiger partial charge >= 0.3 is 0 Å². The number of carbonyl (C=O) groups is 1. The van der Waals surface area contributed by atoms with Crippen LogP contribution in [0.1, 0.15) is 34.7 Å². The number of nitrogens with zero attached hydrogens (tertiary/aromatic N) is 1. The van der Waals surface area contributed by atoms with Gasteiger partial charge in [0.05, 0.1) is 7.11 Å². The van der Waals surface area contributed by atoms with E-state index in [4.69, 9.17) is 9.47 Å². The summed E-state index contributed by atoms with van der Waals surface area (Å²) in [6, 6.07) is 21.2. The molecule has 0 atom stereocenters. The Labute approximate surface area is 195 Å². The van der Waals surface area contributed by atoms with Crippen LogP contribution in [0.3, 0.4) is 0 Å². The summed E-state index contributed by atoms with van der Waals surface area (Å²) in [7, 11) is 1.56. The van der Waals surface area contributed by atoms with Crippen LogP contribution in [0.2, 0.25) is 0 Å². The predicted octanol–water partition coefficient (Wildman–Crippen LogP) is 6.00. The number of nitriles is 1. The number of rotatable bonds is 8. The van der Waals surface area contributed by atoms with Gasteiger partial charge in [-0.25, -0.2) is 0 Å². The Morgan fingerprint density at radius 3 is 2.27 bits per heavy atom. The maximum atomic E-state index is 12.6. The molecule has 33 heavy (non-hydrogen) atoms. The molecule has 0 aliphatic heterocycles. The summed E-state index contributed by atoms with van der Waals surface area (Å²) >= 11 is 0. The van der Waals surface area contributed by atoms with Crippen molar-refractivity contribution in [1.82, 2.24) is 0 Å². The Balaban J connectivity index is 1.74. The van der Waals surface area contributed by atoms with Crippen molar-refractivity contribution in [2.45, 2.75) is 33.8 Å². The van der Waals surface area contributed by atoms with Gasteiger partial charge in [0.2, 0.25) is 0 Å². The van der Waals surface area contributed by atoms with Crippen molar-refractivity contribution in [3.05, 3.63) is 94.1 Å². The second kappa shape index (κ2) is 11.0. The van der Waals surface area contributed by atoms with Crippen molar-refractivity contribution < 1.29 is 14.3 Å². The first-order chi connectivity index (χ1) is 15.9. The summed E-state index contributed by atoms with van der Waals surface area (Å²) in [6.07, 6.45) is 2.45. The molecule has 3 aromatic carbocycles. The lowest BCUT2D eigenvalue weighted by molar-refractivity contribution is -0.112. The number of nitrogens with one attached hydrogen (secondary N) is 1. The molecule has 1 N–H and O–H groups in total.